The molecule has 1 aromatic carbocycles. The lowest BCUT2D eigenvalue weighted by molar-refractivity contribution is -0.126. The minimum atomic E-state index is -0.375. The van der Waals surface area contributed by atoms with Gasteiger partial charge in [-0.2, -0.15) is 5.10 Å². The van der Waals surface area contributed by atoms with Crippen molar-refractivity contribution in [2.24, 2.45) is 5.10 Å². The van der Waals surface area contributed by atoms with Crippen molar-refractivity contribution in [3.8, 4) is 5.75 Å². The highest BCUT2D eigenvalue weighted by molar-refractivity contribution is 9.10. The minimum absolute atomic E-state index is 0.0914. The molecule has 0 aliphatic heterocycles. The van der Waals surface area contributed by atoms with Crippen LogP contribution in [0.4, 0.5) is 0 Å². The topological polar surface area (TPSA) is 79.8 Å². The number of nitrogens with one attached hydrogen (secondary N) is 2. The Balaban J connectivity index is 2.19. The second-order valence-electron chi connectivity index (χ2n) is 7.43. The summed E-state index contributed by atoms with van der Waals surface area (Å²) in [6.45, 7) is 6.14. The Hall–Kier alpha value is -2.15. The van der Waals surface area contributed by atoms with E-state index < -0.39 is 0 Å². The van der Waals surface area contributed by atoms with E-state index in [1.165, 1.54) is 51.2 Å². The first kappa shape index (κ1) is 26.9. The van der Waals surface area contributed by atoms with E-state index in [1.807, 2.05) is 18.2 Å². The van der Waals surface area contributed by atoms with Crippen LogP contribution in [-0.4, -0.2) is 31.2 Å². The number of rotatable bonds is 17. The fourth-order valence-corrected chi connectivity index (χ4v) is 3.36. The number of benzene rings is 1. The van der Waals surface area contributed by atoms with Gasteiger partial charge in [-0.1, -0.05) is 86.9 Å². The molecule has 0 aromatic heterocycles. The molecule has 2 amide bonds. The Morgan fingerprint density at radius 2 is 1.74 bits per heavy atom. The second-order valence-corrected chi connectivity index (χ2v) is 8.35. The molecule has 0 aliphatic rings. The van der Waals surface area contributed by atoms with Gasteiger partial charge in [0.25, 0.3) is 5.91 Å². The van der Waals surface area contributed by atoms with Gasteiger partial charge in [-0.15, -0.1) is 0 Å². The van der Waals surface area contributed by atoms with Crippen LogP contribution in [0.3, 0.4) is 0 Å². The first-order valence-corrected chi connectivity index (χ1v) is 12.0. The molecule has 1 rings (SSSR count). The average molecular weight is 494 g/mol. The summed E-state index contributed by atoms with van der Waals surface area (Å²) in [6.07, 6.45) is 14.5. The van der Waals surface area contributed by atoms with Gasteiger partial charge in [-0.3, -0.25) is 9.59 Å². The highest BCUT2D eigenvalue weighted by Crippen LogP contribution is 2.21. The van der Waals surface area contributed by atoms with E-state index in [1.54, 1.807) is 6.08 Å². The van der Waals surface area contributed by atoms with Crippen molar-refractivity contribution >= 4 is 34.0 Å². The molecule has 0 spiro atoms. The average Bonchev–Trinajstić information content (AvgIpc) is 2.76. The smallest absolute Gasteiger partial charge is 0.259 e. The van der Waals surface area contributed by atoms with Crippen molar-refractivity contribution in [3.05, 3.63) is 40.9 Å². The second kappa shape index (κ2) is 17.5. The third kappa shape index (κ3) is 13.7. The van der Waals surface area contributed by atoms with Crippen LogP contribution in [-0.2, 0) is 9.59 Å². The van der Waals surface area contributed by atoms with Crippen LogP contribution >= 0.6 is 15.9 Å². The van der Waals surface area contributed by atoms with E-state index in [2.05, 4.69) is 45.3 Å². The number of carbonyl (C=O) groups excluding carboxylic acids is 2. The summed E-state index contributed by atoms with van der Waals surface area (Å²) >= 11 is 3.40. The zero-order chi connectivity index (χ0) is 22.7. The third-order valence-electron chi connectivity index (χ3n) is 4.67. The van der Waals surface area contributed by atoms with E-state index in [-0.39, 0.29) is 18.4 Å². The normalized spacial score (nSPS) is 10.8. The molecule has 0 heterocycles. The number of hydrogen-bond donors (Lipinski definition) is 2. The molecule has 0 radical (unpaired) electrons. The van der Waals surface area contributed by atoms with E-state index >= 15 is 0 Å². The van der Waals surface area contributed by atoms with Gasteiger partial charge in [-0.25, -0.2) is 5.43 Å². The van der Waals surface area contributed by atoms with Crippen LogP contribution in [0.5, 0.6) is 5.75 Å². The fourth-order valence-electron chi connectivity index (χ4n) is 2.98. The number of carbonyl (C=O) groups is 2. The molecule has 0 bridgehead atoms. The van der Waals surface area contributed by atoms with Crippen molar-refractivity contribution in [2.75, 3.05) is 13.2 Å². The highest BCUT2D eigenvalue weighted by Gasteiger charge is 2.06. The van der Waals surface area contributed by atoms with Crippen LogP contribution in [0.25, 0.3) is 0 Å². The number of ether oxygens (including phenoxy) is 1. The lowest BCUT2D eigenvalue weighted by Crippen LogP contribution is -2.34. The lowest BCUT2D eigenvalue weighted by Gasteiger charge is -2.07. The third-order valence-corrected chi connectivity index (χ3v) is 5.17. The van der Waals surface area contributed by atoms with E-state index in [0.717, 1.165) is 17.3 Å². The highest BCUT2D eigenvalue weighted by atomic mass is 79.9. The molecule has 172 valence electrons. The van der Waals surface area contributed by atoms with Crippen molar-refractivity contribution in [1.29, 1.82) is 0 Å². The molecular formula is C24H36BrN3O3. The zero-order valence-corrected chi connectivity index (χ0v) is 20.2. The maximum absolute atomic E-state index is 11.9. The van der Waals surface area contributed by atoms with Crippen LogP contribution in [0.2, 0.25) is 0 Å². The van der Waals surface area contributed by atoms with Gasteiger partial charge in [-0.05, 0) is 24.6 Å². The molecule has 0 atom stereocenters. The maximum Gasteiger partial charge on any atom is 0.259 e. The summed E-state index contributed by atoms with van der Waals surface area (Å²) in [4.78, 5) is 23.8. The predicted molar refractivity (Wildman–Crippen MR) is 130 cm³/mol. The first-order valence-electron chi connectivity index (χ1n) is 11.2. The Labute approximate surface area is 195 Å². The van der Waals surface area contributed by atoms with E-state index in [0.29, 0.717) is 24.3 Å². The van der Waals surface area contributed by atoms with Gasteiger partial charge < -0.3 is 10.1 Å². The van der Waals surface area contributed by atoms with Gasteiger partial charge in [0.2, 0.25) is 5.91 Å². The molecule has 0 fully saturated rings. The minimum Gasteiger partial charge on any atom is -0.489 e. The molecule has 0 unspecified atom stereocenters. The molecule has 7 heteroatoms. The summed E-state index contributed by atoms with van der Waals surface area (Å²) < 4.78 is 6.43. The molecule has 31 heavy (non-hydrogen) atoms. The van der Waals surface area contributed by atoms with Crippen LogP contribution < -0.4 is 15.5 Å². The monoisotopic (exact) mass is 493 g/mol. The quantitative estimate of drug-likeness (QED) is 0.130. The number of hydrazone groups is 1. The SMILES string of the molecule is C=CCOc1ccc(Br)cc1/C=N/NC(=O)CNC(=O)CCCCCCCCCCC. The molecule has 0 saturated heterocycles. The zero-order valence-electron chi connectivity index (χ0n) is 18.6. The number of unbranched alkanes of at least 4 members (excludes halogenated alkanes) is 8. The summed E-state index contributed by atoms with van der Waals surface area (Å²) in [5.41, 5.74) is 3.13. The molecule has 2 N–H and O–H groups in total. The fraction of sp³-hybridized carbons (Fsp3) is 0.542. The number of amides is 2. The summed E-state index contributed by atoms with van der Waals surface area (Å²) in [5.74, 6) is 0.157. The Bertz CT molecular complexity index is 707. The lowest BCUT2D eigenvalue weighted by atomic mass is 10.1. The molecule has 0 saturated carbocycles. The Morgan fingerprint density at radius 1 is 1.06 bits per heavy atom. The van der Waals surface area contributed by atoms with Crippen LogP contribution in [0.1, 0.15) is 76.7 Å². The van der Waals surface area contributed by atoms with Gasteiger partial charge in [0.15, 0.2) is 0 Å². The molecule has 6 nitrogen and oxygen atoms in total. The van der Waals surface area contributed by atoms with Crippen LogP contribution in [0.15, 0.2) is 40.4 Å². The van der Waals surface area contributed by atoms with Gasteiger partial charge in [0.05, 0.1) is 12.8 Å². The summed E-state index contributed by atoms with van der Waals surface area (Å²) in [6, 6.07) is 5.50. The largest absolute Gasteiger partial charge is 0.489 e. The predicted octanol–water partition coefficient (Wildman–Crippen LogP) is 5.50. The van der Waals surface area contributed by atoms with Crippen molar-refractivity contribution < 1.29 is 14.3 Å². The molecular weight excluding hydrogens is 458 g/mol. The standard InChI is InChI=1S/C24H36BrN3O3/c1-3-5-6-7-8-9-10-11-12-13-23(29)26-19-24(30)28-27-18-20-17-21(25)14-15-22(20)31-16-4-2/h4,14-15,17-18H,2-3,5-13,16,19H2,1H3,(H,26,29)(H,28,30)/b27-18+. The van der Waals surface area contributed by atoms with Crippen molar-refractivity contribution in [3.63, 3.8) is 0 Å². The summed E-state index contributed by atoms with van der Waals surface area (Å²) in [5, 5.41) is 6.59. The molecule has 0 aliphatic carbocycles. The number of halogens is 1. The maximum atomic E-state index is 11.9. The first-order chi connectivity index (χ1) is 15.1. The number of nitrogens with zero attached hydrogens (tertiary/aromatic N) is 1. The van der Waals surface area contributed by atoms with Gasteiger partial charge in [0.1, 0.15) is 12.4 Å². The van der Waals surface area contributed by atoms with Crippen molar-refractivity contribution in [2.45, 2.75) is 71.1 Å². The van der Waals surface area contributed by atoms with E-state index in [9.17, 15) is 9.59 Å². The molecule has 1 aromatic rings. The van der Waals surface area contributed by atoms with Gasteiger partial charge >= 0.3 is 0 Å². The summed E-state index contributed by atoms with van der Waals surface area (Å²) in [7, 11) is 0. The van der Waals surface area contributed by atoms with E-state index in [4.69, 9.17) is 4.74 Å². The van der Waals surface area contributed by atoms with Crippen molar-refractivity contribution in [1.82, 2.24) is 10.7 Å². The number of hydrogen-bond acceptors (Lipinski definition) is 4. The Kier molecular flexibility index (Phi) is 15.2. The Morgan fingerprint density at radius 3 is 2.42 bits per heavy atom. The van der Waals surface area contributed by atoms with Gasteiger partial charge in [0, 0.05) is 16.5 Å². The van der Waals surface area contributed by atoms with Crippen LogP contribution in [0, 0.1) is 0 Å².